The first kappa shape index (κ1) is 14.9. The minimum atomic E-state index is 0.0461. The molecule has 1 aliphatic heterocycles. The number of nitrogens with zero attached hydrogens (tertiary/aromatic N) is 4. The maximum atomic E-state index is 12.4. The summed E-state index contributed by atoms with van der Waals surface area (Å²) in [6.45, 7) is 2.30. The Kier molecular flexibility index (Phi) is 4.02. The fraction of sp³-hybridized carbons (Fsp3) is 0.389. The Hall–Kier alpha value is -2.63. The molecule has 0 radical (unpaired) electrons. The molecule has 124 valence electrons. The zero-order valence-electron chi connectivity index (χ0n) is 13.5. The Balaban J connectivity index is 1.31. The number of nitrogens with one attached hydrogen (secondary N) is 1. The summed E-state index contributed by atoms with van der Waals surface area (Å²) in [6.07, 6.45) is 9.89. The topological polar surface area (TPSA) is 63.1 Å². The number of aromatic nitrogens is 3. The standard InChI is InChI=1S/C18H21N5O/c24-18(22-10-15-3-1-2-4-16(15)11-22)20-9-14-5-7-17(8-6-14)23-13-19-12-21-23/h1-2,5-8,12-13,15-16H,3-4,9-11H2,(H,20,24). The van der Waals surface area contributed by atoms with Gasteiger partial charge in [0.25, 0.3) is 0 Å². The lowest BCUT2D eigenvalue weighted by molar-refractivity contribution is 0.206. The van der Waals surface area contributed by atoms with E-state index in [0.717, 1.165) is 37.2 Å². The van der Waals surface area contributed by atoms with Crippen LogP contribution in [0.1, 0.15) is 18.4 Å². The number of urea groups is 1. The van der Waals surface area contributed by atoms with E-state index in [1.807, 2.05) is 29.2 Å². The molecule has 2 unspecified atom stereocenters. The Bertz CT molecular complexity index is 706. The number of hydrogen-bond acceptors (Lipinski definition) is 3. The molecule has 2 amide bonds. The van der Waals surface area contributed by atoms with Gasteiger partial charge >= 0.3 is 6.03 Å². The molecule has 6 heteroatoms. The molecule has 0 spiro atoms. The highest BCUT2D eigenvalue weighted by molar-refractivity contribution is 5.74. The first-order valence-electron chi connectivity index (χ1n) is 8.41. The van der Waals surface area contributed by atoms with Gasteiger partial charge in [0.15, 0.2) is 0 Å². The quantitative estimate of drug-likeness (QED) is 0.882. The van der Waals surface area contributed by atoms with Crippen LogP contribution in [0.15, 0.2) is 49.1 Å². The molecule has 2 atom stereocenters. The molecule has 1 aliphatic carbocycles. The van der Waals surface area contributed by atoms with Gasteiger partial charge in [-0.3, -0.25) is 0 Å². The van der Waals surface area contributed by atoms with Crippen LogP contribution in [0.3, 0.4) is 0 Å². The number of rotatable bonds is 3. The maximum Gasteiger partial charge on any atom is 0.317 e. The van der Waals surface area contributed by atoms with Crippen molar-refractivity contribution in [3.63, 3.8) is 0 Å². The molecule has 1 fully saturated rings. The first-order valence-corrected chi connectivity index (χ1v) is 8.41. The number of carbonyl (C=O) groups is 1. The van der Waals surface area contributed by atoms with Crippen LogP contribution in [0.25, 0.3) is 5.69 Å². The molecule has 0 bridgehead atoms. The summed E-state index contributed by atoms with van der Waals surface area (Å²) in [5, 5.41) is 7.14. The van der Waals surface area contributed by atoms with Crippen molar-refractivity contribution in [3.8, 4) is 5.69 Å². The van der Waals surface area contributed by atoms with Gasteiger partial charge in [0, 0.05) is 19.6 Å². The van der Waals surface area contributed by atoms with E-state index in [0.29, 0.717) is 18.4 Å². The van der Waals surface area contributed by atoms with Gasteiger partial charge in [0.05, 0.1) is 5.69 Å². The van der Waals surface area contributed by atoms with Crippen LogP contribution in [0.2, 0.25) is 0 Å². The van der Waals surface area contributed by atoms with Crippen LogP contribution in [-0.4, -0.2) is 38.8 Å². The first-order chi connectivity index (χ1) is 11.8. The molecule has 4 rings (SSSR count). The van der Waals surface area contributed by atoms with Gasteiger partial charge in [-0.1, -0.05) is 24.3 Å². The van der Waals surface area contributed by atoms with E-state index in [1.165, 1.54) is 6.33 Å². The molecule has 6 nitrogen and oxygen atoms in total. The van der Waals surface area contributed by atoms with Gasteiger partial charge in [-0.05, 0) is 42.4 Å². The minimum absolute atomic E-state index is 0.0461. The van der Waals surface area contributed by atoms with E-state index in [1.54, 1.807) is 11.0 Å². The summed E-state index contributed by atoms with van der Waals surface area (Å²) in [6, 6.07) is 8.01. The molecule has 2 heterocycles. The van der Waals surface area contributed by atoms with Crippen LogP contribution in [0.5, 0.6) is 0 Å². The van der Waals surface area contributed by atoms with Crippen molar-refractivity contribution < 1.29 is 4.79 Å². The molecule has 1 N–H and O–H groups in total. The Morgan fingerprint density at radius 2 is 1.83 bits per heavy atom. The lowest BCUT2D eigenvalue weighted by atomic mass is 9.86. The molecule has 1 aromatic carbocycles. The van der Waals surface area contributed by atoms with Gasteiger partial charge < -0.3 is 10.2 Å². The van der Waals surface area contributed by atoms with Crippen LogP contribution in [0, 0.1) is 11.8 Å². The molecule has 2 aliphatic rings. The number of hydrogen-bond donors (Lipinski definition) is 1. The van der Waals surface area contributed by atoms with Crippen molar-refractivity contribution in [1.82, 2.24) is 25.0 Å². The van der Waals surface area contributed by atoms with E-state index in [9.17, 15) is 4.79 Å². The van der Waals surface area contributed by atoms with Gasteiger partial charge in [-0.15, -0.1) is 0 Å². The molecule has 2 aromatic rings. The van der Waals surface area contributed by atoms with Crippen molar-refractivity contribution in [1.29, 1.82) is 0 Å². The van der Waals surface area contributed by atoms with Crippen molar-refractivity contribution in [2.45, 2.75) is 19.4 Å². The highest BCUT2D eigenvalue weighted by atomic mass is 16.2. The van der Waals surface area contributed by atoms with Gasteiger partial charge in [-0.2, -0.15) is 5.10 Å². The lowest BCUT2D eigenvalue weighted by Gasteiger charge is -2.17. The predicted octanol–water partition coefficient (Wildman–Crippen LogP) is 2.37. The Labute approximate surface area is 141 Å². The maximum absolute atomic E-state index is 12.4. The number of likely N-dealkylation sites (tertiary alicyclic amines) is 1. The minimum Gasteiger partial charge on any atom is -0.334 e. The SMILES string of the molecule is O=C(NCc1ccc(-n2cncn2)cc1)N1CC2CC=CCC2C1. The summed E-state index contributed by atoms with van der Waals surface area (Å²) in [5.41, 5.74) is 2.03. The zero-order chi connectivity index (χ0) is 16.4. The summed E-state index contributed by atoms with van der Waals surface area (Å²) in [5.74, 6) is 1.28. The second-order valence-corrected chi connectivity index (χ2v) is 6.53. The summed E-state index contributed by atoms with van der Waals surface area (Å²) < 4.78 is 1.71. The largest absolute Gasteiger partial charge is 0.334 e. The zero-order valence-corrected chi connectivity index (χ0v) is 13.5. The Morgan fingerprint density at radius 1 is 1.12 bits per heavy atom. The fourth-order valence-corrected chi connectivity index (χ4v) is 3.58. The number of benzene rings is 1. The third-order valence-corrected chi connectivity index (χ3v) is 4.97. The fourth-order valence-electron chi connectivity index (χ4n) is 3.58. The highest BCUT2D eigenvalue weighted by Gasteiger charge is 2.34. The smallest absolute Gasteiger partial charge is 0.317 e. The average Bonchev–Trinajstić information content (AvgIpc) is 3.29. The summed E-state index contributed by atoms with van der Waals surface area (Å²) >= 11 is 0. The van der Waals surface area contributed by atoms with E-state index < -0.39 is 0 Å². The molecular formula is C18H21N5O. The van der Waals surface area contributed by atoms with Crippen molar-refractivity contribution >= 4 is 6.03 Å². The second-order valence-electron chi connectivity index (χ2n) is 6.53. The summed E-state index contributed by atoms with van der Waals surface area (Å²) in [4.78, 5) is 18.3. The van der Waals surface area contributed by atoms with Gasteiger partial charge in [0.2, 0.25) is 0 Å². The number of fused-ring (bicyclic) bond motifs is 1. The third kappa shape index (κ3) is 3.04. The van der Waals surface area contributed by atoms with Gasteiger partial charge in [-0.25, -0.2) is 14.5 Å². The molecular weight excluding hydrogens is 302 g/mol. The van der Waals surface area contributed by atoms with E-state index in [2.05, 4.69) is 27.6 Å². The van der Waals surface area contributed by atoms with Crippen LogP contribution in [0.4, 0.5) is 4.79 Å². The second kappa shape index (κ2) is 6.47. The van der Waals surface area contributed by atoms with Crippen molar-refractivity contribution in [2.75, 3.05) is 13.1 Å². The van der Waals surface area contributed by atoms with Crippen LogP contribution in [-0.2, 0) is 6.54 Å². The number of carbonyl (C=O) groups excluding carboxylic acids is 1. The van der Waals surface area contributed by atoms with E-state index in [-0.39, 0.29) is 6.03 Å². The monoisotopic (exact) mass is 323 g/mol. The lowest BCUT2D eigenvalue weighted by Crippen LogP contribution is -2.38. The predicted molar refractivity (Wildman–Crippen MR) is 90.5 cm³/mol. The highest BCUT2D eigenvalue weighted by Crippen LogP contribution is 2.32. The Morgan fingerprint density at radius 3 is 2.46 bits per heavy atom. The molecule has 1 aromatic heterocycles. The van der Waals surface area contributed by atoms with Crippen molar-refractivity contribution in [3.05, 3.63) is 54.6 Å². The molecule has 24 heavy (non-hydrogen) atoms. The van der Waals surface area contributed by atoms with Crippen LogP contribution < -0.4 is 5.32 Å². The van der Waals surface area contributed by atoms with E-state index >= 15 is 0 Å². The van der Waals surface area contributed by atoms with E-state index in [4.69, 9.17) is 0 Å². The van der Waals surface area contributed by atoms with Crippen molar-refractivity contribution in [2.24, 2.45) is 11.8 Å². The van der Waals surface area contributed by atoms with Gasteiger partial charge in [0.1, 0.15) is 12.7 Å². The molecule has 0 saturated carbocycles. The number of allylic oxidation sites excluding steroid dienone is 2. The summed E-state index contributed by atoms with van der Waals surface area (Å²) in [7, 11) is 0. The third-order valence-electron chi connectivity index (χ3n) is 4.97. The number of amides is 2. The van der Waals surface area contributed by atoms with Crippen LogP contribution >= 0.6 is 0 Å². The molecule has 1 saturated heterocycles. The normalized spacial score (nSPS) is 22.4. The average molecular weight is 323 g/mol.